The summed E-state index contributed by atoms with van der Waals surface area (Å²) in [7, 11) is 1.43. The number of likely N-dealkylation sites (N-methyl/N-ethyl adjacent to an activating group) is 1. The molecule has 3 aromatic rings. The summed E-state index contributed by atoms with van der Waals surface area (Å²) in [5.74, 6) is -10.0. The number of nitrogens with two attached hydrogens (primary N) is 1. The zero-order valence-corrected chi connectivity index (χ0v) is 38.5. The number of amides is 2. The van der Waals surface area contributed by atoms with E-state index in [-0.39, 0.29) is 36.0 Å². The van der Waals surface area contributed by atoms with Crippen LogP contribution in [0.15, 0.2) is 95.5 Å². The molecule has 0 bridgehead atoms. The lowest BCUT2D eigenvalue weighted by molar-refractivity contribution is -0.162. The van der Waals surface area contributed by atoms with Crippen LogP contribution in [0.3, 0.4) is 0 Å². The molecule has 0 spiro atoms. The van der Waals surface area contributed by atoms with E-state index in [0.29, 0.717) is 17.6 Å². The Hall–Kier alpha value is -4.58. The van der Waals surface area contributed by atoms with E-state index >= 15 is 0 Å². The number of primary amides is 1. The molecule has 3 aromatic carbocycles. The normalized spacial score (nSPS) is 23.3. The number of aromatic hydroxyl groups is 1. The number of phenols is 1. The summed E-state index contributed by atoms with van der Waals surface area (Å²) in [5.41, 5.74) is 1.55. The van der Waals surface area contributed by atoms with Crippen molar-refractivity contribution in [1.29, 1.82) is 0 Å². The molecule has 0 saturated heterocycles. The molecule has 6 rings (SSSR count). The van der Waals surface area contributed by atoms with Crippen molar-refractivity contribution in [2.75, 3.05) is 25.6 Å². The van der Waals surface area contributed by atoms with Crippen molar-refractivity contribution in [3.05, 3.63) is 107 Å². The molecule has 340 valence electrons. The average molecular weight is 904 g/mol. The lowest BCUT2D eigenvalue weighted by atomic mass is 9.55. The van der Waals surface area contributed by atoms with Crippen LogP contribution in [0.2, 0.25) is 0 Å². The Bertz CT molecular complexity index is 2190. The van der Waals surface area contributed by atoms with Crippen LogP contribution in [0.5, 0.6) is 5.75 Å². The Labute approximate surface area is 377 Å². The molecular weight excluding hydrogens is 841 g/mol. The number of benzene rings is 3. The first-order chi connectivity index (χ1) is 29.5. The smallest absolute Gasteiger partial charge is 0.255 e. The highest BCUT2D eigenvalue weighted by molar-refractivity contribution is 7.90. The van der Waals surface area contributed by atoms with Crippen molar-refractivity contribution in [2.45, 2.75) is 114 Å². The van der Waals surface area contributed by atoms with Gasteiger partial charge in [0.1, 0.15) is 17.1 Å². The maximum Gasteiger partial charge on any atom is 0.255 e. The second-order valence-electron chi connectivity index (χ2n) is 17.8. The Morgan fingerprint density at radius 2 is 1.35 bits per heavy atom. The molecule has 0 heterocycles. The largest absolute Gasteiger partial charge is 1.00 e. The lowest BCUT2D eigenvalue weighted by Gasteiger charge is -2.53. The van der Waals surface area contributed by atoms with Gasteiger partial charge in [-0.05, 0) is 89.0 Å². The first kappa shape index (κ1) is 49.4. The predicted molar refractivity (Wildman–Crippen MR) is 244 cm³/mol. The van der Waals surface area contributed by atoms with Crippen molar-refractivity contribution in [3.63, 3.8) is 0 Å². The van der Waals surface area contributed by atoms with Gasteiger partial charge in [-0.2, -0.15) is 0 Å². The number of carbonyl (C=O) groups excluding carboxylic acids is 4. The number of anilines is 1. The van der Waals surface area contributed by atoms with Crippen molar-refractivity contribution in [2.24, 2.45) is 17.6 Å². The third-order valence-electron chi connectivity index (χ3n) is 13.6. The van der Waals surface area contributed by atoms with Crippen LogP contribution in [-0.4, -0.2) is 97.5 Å². The van der Waals surface area contributed by atoms with Crippen LogP contribution in [0.4, 0.5) is 5.69 Å². The zero-order valence-electron chi connectivity index (χ0n) is 36.9. The monoisotopic (exact) mass is 903 g/mol. The molecule has 3 aliphatic rings. The van der Waals surface area contributed by atoms with Gasteiger partial charge >= 0.3 is 0 Å². The van der Waals surface area contributed by atoms with Crippen LogP contribution >= 0.6 is 7.26 Å². The quantitative estimate of drug-likeness (QED) is 0.0427. The van der Waals surface area contributed by atoms with Gasteiger partial charge in [0.2, 0.25) is 11.7 Å². The number of rotatable bonds is 18. The molecule has 12 nitrogen and oxygen atoms in total. The first-order valence-electron chi connectivity index (χ1n) is 22.0. The zero-order chi connectivity index (χ0) is 45.1. The number of hydrogen-bond acceptors (Lipinski definition) is 10. The topological polar surface area (TPSA) is 211 Å². The van der Waals surface area contributed by atoms with Gasteiger partial charge in [0.05, 0.1) is 59.0 Å². The van der Waals surface area contributed by atoms with E-state index in [1.165, 1.54) is 67.5 Å². The minimum absolute atomic E-state index is 0. The van der Waals surface area contributed by atoms with Gasteiger partial charge in [-0.15, -0.1) is 0 Å². The second kappa shape index (κ2) is 20.5. The SMILES string of the molecule is CC(C)[P+](CCCCCCCCCCCC(=O)Nc1ccc2c(c1O)C(=O)C1=C(O)[C@]3(O)C(=O)C(C(N)=O)=C(O)[C@@H](N(C)C)[C@@H]3[C@@H](O)[C@@H]1[C@H]2C)(c1ccccc1)c1ccccc1.[Cl-]. The van der Waals surface area contributed by atoms with E-state index < -0.39 is 88.7 Å². The van der Waals surface area contributed by atoms with Gasteiger partial charge in [0.25, 0.3) is 5.91 Å². The van der Waals surface area contributed by atoms with Crippen molar-refractivity contribution >= 4 is 46.9 Å². The summed E-state index contributed by atoms with van der Waals surface area (Å²) in [5, 5.41) is 63.4. The highest BCUT2D eigenvalue weighted by Gasteiger charge is 2.67. The molecule has 0 aromatic heterocycles. The van der Waals surface area contributed by atoms with E-state index in [1.807, 2.05) is 0 Å². The van der Waals surface area contributed by atoms with Crippen LogP contribution < -0.4 is 34.1 Å². The van der Waals surface area contributed by atoms with Crippen LogP contribution in [0, 0.1) is 11.8 Å². The standard InChI is InChI=1S/C49H62N3O9P.ClH/c1-29(2)62(31-21-15-13-16-22-31,32-23-17-14-18-24-32)28-20-12-10-8-6-7-9-11-19-25-35(53)51-34-27-26-33-30(3)36-38(43(55)37(33)42(34)54)46(58)49(61)40(44(36)56)41(52(4)5)45(57)39(47(49)59)48(50)60;/h13-18,21-24,26-27,29-30,36,40-41,44,56,61H,6-12,19-20,25,28H2,1-5H3,(H5-,50,51,53,54,55,57,58,59,60);1H/t30-,36+,40+,41-,44-,49-;/m0./s1. The molecule has 0 aliphatic heterocycles. The van der Waals surface area contributed by atoms with Gasteiger partial charge in [0.15, 0.2) is 17.1 Å². The third kappa shape index (κ3) is 9.07. The van der Waals surface area contributed by atoms with Crippen LogP contribution in [-0.2, 0) is 14.4 Å². The van der Waals surface area contributed by atoms with E-state index in [2.05, 4.69) is 79.8 Å². The summed E-state index contributed by atoms with van der Waals surface area (Å²) in [4.78, 5) is 54.5. The Morgan fingerprint density at radius 1 is 0.825 bits per heavy atom. The summed E-state index contributed by atoms with van der Waals surface area (Å²) < 4.78 is 0. The molecule has 0 unspecified atom stereocenters. The fourth-order valence-corrected chi connectivity index (χ4v) is 15.1. The number of hydrogen-bond donors (Lipinski definition) is 7. The first-order valence-corrected chi connectivity index (χ1v) is 24.0. The Morgan fingerprint density at radius 3 is 1.86 bits per heavy atom. The van der Waals surface area contributed by atoms with Gasteiger partial charge in [-0.25, -0.2) is 0 Å². The molecule has 8 N–H and O–H groups in total. The molecule has 6 atom stereocenters. The minimum atomic E-state index is -3.00. The summed E-state index contributed by atoms with van der Waals surface area (Å²) in [6.45, 7) is 6.41. The van der Waals surface area contributed by atoms with Gasteiger partial charge < -0.3 is 49.0 Å². The van der Waals surface area contributed by atoms with E-state index in [9.17, 15) is 44.7 Å². The number of phenolic OH excluding ortho intramolecular Hbond substituents is 1. The number of nitrogens with zero attached hydrogens (tertiary/aromatic N) is 1. The number of nitrogens with one attached hydrogen (secondary N) is 1. The van der Waals surface area contributed by atoms with E-state index in [0.717, 1.165) is 25.7 Å². The Kier molecular flexibility index (Phi) is 16.1. The number of aliphatic hydroxyl groups is 4. The maximum absolute atomic E-state index is 14.2. The number of carbonyl (C=O) groups is 4. The van der Waals surface area contributed by atoms with Crippen molar-refractivity contribution in [3.8, 4) is 5.75 Å². The molecule has 0 fully saturated rings. The molecule has 0 saturated carbocycles. The summed E-state index contributed by atoms with van der Waals surface area (Å²) in [6.07, 6.45) is 9.25. The predicted octanol–water partition coefficient (Wildman–Crippen LogP) is 3.57. The highest BCUT2D eigenvalue weighted by Crippen LogP contribution is 2.61. The number of halogens is 1. The van der Waals surface area contributed by atoms with E-state index in [4.69, 9.17) is 5.73 Å². The summed E-state index contributed by atoms with van der Waals surface area (Å²) >= 11 is 0. The second-order valence-corrected chi connectivity index (χ2v) is 22.1. The van der Waals surface area contributed by atoms with Crippen molar-refractivity contribution < 1.29 is 57.1 Å². The number of aliphatic hydroxyl groups excluding tert-OH is 3. The number of unbranched alkanes of at least 4 members (excludes halogenated alkanes) is 8. The average Bonchev–Trinajstić information content (AvgIpc) is 3.23. The lowest BCUT2D eigenvalue weighted by Crippen LogP contribution is -3.00. The molecule has 2 amide bonds. The molecular formula is C49H63ClN3O9P. The summed E-state index contributed by atoms with van der Waals surface area (Å²) in [6, 6.07) is 23.8. The molecule has 63 heavy (non-hydrogen) atoms. The molecule has 0 radical (unpaired) electrons. The van der Waals surface area contributed by atoms with E-state index in [1.54, 1.807) is 13.0 Å². The van der Waals surface area contributed by atoms with Gasteiger partial charge in [-0.3, -0.25) is 24.1 Å². The molecule has 14 heteroatoms. The van der Waals surface area contributed by atoms with Gasteiger partial charge in [-0.1, -0.05) is 87.9 Å². The number of fused-ring (bicyclic) bond motifs is 3. The minimum Gasteiger partial charge on any atom is -1.00 e. The molecule has 3 aliphatic carbocycles. The highest BCUT2D eigenvalue weighted by atomic mass is 35.5. The van der Waals surface area contributed by atoms with Crippen molar-refractivity contribution in [1.82, 2.24) is 4.90 Å². The number of Topliss-reactive ketones (excluding diaryl/α,β-unsaturated/α-hetero) is 2. The maximum atomic E-state index is 14.2. The van der Waals surface area contributed by atoms with Gasteiger partial charge in [0, 0.05) is 17.9 Å². The number of ketones is 2. The fraction of sp³-hybridized carbons (Fsp3) is 0.469. The van der Waals surface area contributed by atoms with Crippen LogP contribution in [0.25, 0.3) is 0 Å². The third-order valence-corrected chi connectivity index (χ3v) is 18.9. The van der Waals surface area contributed by atoms with Crippen LogP contribution in [0.1, 0.15) is 107 Å². The Balaban J connectivity index is 0.00000748. The fourth-order valence-electron chi connectivity index (χ4n) is 10.5.